The number of hydrogen-bond acceptors (Lipinski definition) is 3. The minimum Gasteiger partial charge on any atom is -0.374 e. The molecule has 0 N–H and O–H groups in total. The molecule has 0 aliphatic rings. The highest BCUT2D eigenvalue weighted by molar-refractivity contribution is 6.60. The molecular weight excluding hydrogens is 316 g/mol. The minimum absolute atomic E-state index is 0.527. The molecule has 0 aromatic carbocycles. The van der Waals surface area contributed by atoms with Crippen LogP contribution in [0.4, 0.5) is 0 Å². The first-order valence-electron chi connectivity index (χ1n) is 9.67. The fourth-order valence-corrected chi connectivity index (χ4v) is 5.96. The van der Waals surface area contributed by atoms with Crippen LogP contribution in [0.5, 0.6) is 0 Å². The van der Waals surface area contributed by atoms with Crippen molar-refractivity contribution < 1.29 is 13.3 Å². The Bertz CT molecular complexity index is 316. The van der Waals surface area contributed by atoms with Crippen LogP contribution in [-0.2, 0) is 13.3 Å². The highest BCUT2D eigenvalue weighted by Gasteiger charge is 2.40. The molecule has 0 aromatic heterocycles. The van der Waals surface area contributed by atoms with Crippen LogP contribution in [0, 0.1) is 17.8 Å². The van der Waals surface area contributed by atoms with Crippen LogP contribution in [0.15, 0.2) is 25.3 Å². The second-order valence-corrected chi connectivity index (χ2v) is 9.21. The second kappa shape index (κ2) is 13.8. The van der Waals surface area contributed by atoms with E-state index in [1.54, 1.807) is 0 Å². The van der Waals surface area contributed by atoms with Crippen molar-refractivity contribution in [3.63, 3.8) is 0 Å². The third-order valence-corrected chi connectivity index (χ3v) is 7.64. The molecule has 0 aliphatic carbocycles. The largest absolute Gasteiger partial charge is 0.500 e. The van der Waals surface area contributed by atoms with E-state index in [2.05, 4.69) is 39.2 Å². The summed E-state index contributed by atoms with van der Waals surface area (Å²) in [6.45, 7) is 20.4. The number of allylic oxidation sites excluding steroid dienone is 2. The summed E-state index contributed by atoms with van der Waals surface area (Å²) < 4.78 is 18.0. The summed E-state index contributed by atoms with van der Waals surface area (Å²) in [6, 6.07) is 0.893. The summed E-state index contributed by atoms with van der Waals surface area (Å²) in [7, 11) is -2.54. The standard InChI is InChI=1S/C20H40O3Si/c1-8-18(7)16-20(17-19(9-2)10-3)14-15-24(21-11-4,22-12-5)23-13-6/h8-9,18-20H,1-2,10-17H2,3-7H3. The van der Waals surface area contributed by atoms with E-state index in [0.29, 0.717) is 37.6 Å². The lowest BCUT2D eigenvalue weighted by Crippen LogP contribution is -2.46. The topological polar surface area (TPSA) is 27.7 Å². The van der Waals surface area contributed by atoms with Gasteiger partial charge in [-0.3, -0.25) is 0 Å². The third-order valence-electron chi connectivity index (χ3n) is 4.55. The van der Waals surface area contributed by atoms with Gasteiger partial charge in [0.25, 0.3) is 0 Å². The van der Waals surface area contributed by atoms with Crippen molar-refractivity contribution in [2.24, 2.45) is 17.8 Å². The fraction of sp³-hybridized carbons (Fsp3) is 0.800. The minimum atomic E-state index is -2.54. The van der Waals surface area contributed by atoms with Crippen molar-refractivity contribution in [1.29, 1.82) is 0 Å². The van der Waals surface area contributed by atoms with Gasteiger partial charge in [0.1, 0.15) is 0 Å². The molecule has 0 amide bonds. The zero-order valence-corrected chi connectivity index (χ0v) is 17.7. The molecule has 0 radical (unpaired) electrons. The third kappa shape index (κ3) is 9.16. The first kappa shape index (κ1) is 23.6. The zero-order chi connectivity index (χ0) is 18.4. The molecule has 0 bridgehead atoms. The zero-order valence-electron chi connectivity index (χ0n) is 16.7. The first-order valence-corrected chi connectivity index (χ1v) is 11.6. The van der Waals surface area contributed by atoms with Gasteiger partial charge in [-0.25, -0.2) is 0 Å². The van der Waals surface area contributed by atoms with Crippen LogP contribution < -0.4 is 0 Å². The molecule has 0 aliphatic heterocycles. The van der Waals surface area contributed by atoms with Crippen LogP contribution in [-0.4, -0.2) is 28.6 Å². The fourth-order valence-electron chi connectivity index (χ4n) is 3.19. The molecule has 24 heavy (non-hydrogen) atoms. The normalized spacial score (nSPS) is 15.7. The molecule has 0 saturated carbocycles. The molecule has 0 aromatic rings. The van der Waals surface area contributed by atoms with E-state index in [0.717, 1.165) is 25.3 Å². The Morgan fingerprint density at radius 3 is 1.79 bits per heavy atom. The van der Waals surface area contributed by atoms with Crippen molar-refractivity contribution >= 4 is 8.80 Å². The molecule has 0 saturated heterocycles. The van der Waals surface area contributed by atoms with Gasteiger partial charge in [0.2, 0.25) is 0 Å². The van der Waals surface area contributed by atoms with Crippen molar-refractivity contribution in [2.75, 3.05) is 19.8 Å². The Hall–Kier alpha value is -0.423. The monoisotopic (exact) mass is 356 g/mol. The summed E-state index contributed by atoms with van der Waals surface area (Å²) in [4.78, 5) is 0. The van der Waals surface area contributed by atoms with Crippen LogP contribution in [0.1, 0.15) is 60.3 Å². The van der Waals surface area contributed by atoms with Crippen molar-refractivity contribution in [3.05, 3.63) is 25.3 Å². The Balaban J connectivity index is 4.98. The van der Waals surface area contributed by atoms with Gasteiger partial charge < -0.3 is 13.3 Å². The van der Waals surface area contributed by atoms with Gasteiger partial charge >= 0.3 is 8.80 Å². The lowest BCUT2D eigenvalue weighted by Gasteiger charge is -2.31. The summed E-state index contributed by atoms with van der Waals surface area (Å²) in [6.07, 6.45) is 8.71. The molecule has 3 unspecified atom stereocenters. The van der Waals surface area contributed by atoms with Crippen molar-refractivity contribution in [2.45, 2.75) is 66.3 Å². The van der Waals surface area contributed by atoms with Crippen molar-refractivity contribution in [1.82, 2.24) is 0 Å². The number of rotatable bonds is 16. The predicted molar refractivity (Wildman–Crippen MR) is 106 cm³/mol. The maximum Gasteiger partial charge on any atom is 0.500 e. The Morgan fingerprint density at radius 2 is 1.42 bits per heavy atom. The lowest BCUT2D eigenvalue weighted by molar-refractivity contribution is 0.0689. The van der Waals surface area contributed by atoms with E-state index < -0.39 is 8.80 Å². The van der Waals surface area contributed by atoms with E-state index >= 15 is 0 Å². The molecule has 3 nitrogen and oxygen atoms in total. The second-order valence-electron chi connectivity index (χ2n) is 6.48. The molecule has 0 spiro atoms. The Kier molecular flexibility index (Phi) is 13.6. The van der Waals surface area contributed by atoms with Gasteiger partial charge in [0.05, 0.1) is 0 Å². The van der Waals surface area contributed by atoms with E-state index in [4.69, 9.17) is 13.3 Å². The van der Waals surface area contributed by atoms with E-state index in [1.807, 2.05) is 20.8 Å². The highest BCUT2D eigenvalue weighted by Crippen LogP contribution is 2.30. The lowest BCUT2D eigenvalue weighted by atomic mass is 9.85. The maximum absolute atomic E-state index is 6.00. The molecule has 3 atom stereocenters. The Labute approximate surface area is 151 Å². The molecule has 0 fully saturated rings. The van der Waals surface area contributed by atoms with Crippen LogP contribution in [0.25, 0.3) is 0 Å². The summed E-state index contributed by atoms with van der Waals surface area (Å²) in [5.74, 6) is 1.73. The van der Waals surface area contributed by atoms with Gasteiger partial charge in [0, 0.05) is 25.9 Å². The summed E-state index contributed by atoms with van der Waals surface area (Å²) in [5, 5.41) is 0. The van der Waals surface area contributed by atoms with E-state index in [-0.39, 0.29) is 0 Å². The smallest absolute Gasteiger partial charge is 0.374 e. The van der Waals surface area contributed by atoms with Gasteiger partial charge in [-0.05, 0) is 64.2 Å². The molecule has 4 heteroatoms. The van der Waals surface area contributed by atoms with Crippen LogP contribution in [0.2, 0.25) is 6.04 Å². The van der Waals surface area contributed by atoms with Crippen molar-refractivity contribution in [3.8, 4) is 0 Å². The molecule has 0 heterocycles. The van der Waals surface area contributed by atoms with Gasteiger partial charge in [0.15, 0.2) is 0 Å². The predicted octanol–water partition coefficient (Wildman–Crippen LogP) is 5.86. The summed E-state index contributed by atoms with van der Waals surface area (Å²) in [5.41, 5.74) is 0. The highest BCUT2D eigenvalue weighted by atomic mass is 28.4. The van der Waals surface area contributed by atoms with Crippen LogP contribution in [0.3, 0.4) is 0 Å². The van der Waals surface area contributed by atoms with E-state index in [9.17, 15) is 0 Å². The quantitative estimate of drug-likeness (QED) is 0.256. The summed E-state index contributed by atoms with van der Waals surface area (Å²) >= 11 is 0. The van der Waals surface area contributed by atoms with Gasteiger partial charge in [-0.15, -0.1) is 13.2 Å². The SMILES string of the molecule is C=CC(C)CC(CC[Si](OCC)(OCC)OCC)CC(C=C)CC. The van der Waals surface area contributed by atoms with Crippen LogP contribution >= 0.6 is 0 Å². The van der Waals surface area contributed by atoms with Gasteiger partial charge in [-0.2, -0.15) is 0 Å². The molecule has 142 valence electrons. The molecule has 0 rings (SSSR count). The average Bonchev–Trinajstić information content (AvgIpc) is 2.57. The first-order chi connectivity index (χ1) is 11.5. The maximum atomic E-state index is 6.00. The van der Waals surface area contributed by atoms with Gasteiger partial charge in [-0.1, -0.05) is 26.0 Å². The number of hydrogen-bond donors (Lipinski definition) is 0. The Morgan fingerprint density at radius 1 is 0.875 bits per heavy atom. The molecular formula is C20H40O3Si. The average molecular weight is 357 g/mol. The van der Waals surface area contributed by atoms with E-state index in [1.165, 1.54) is 6.42 Å².